The topological polar surface area (TPSA) is 65.3 Å². The third-order valence-electron chi connectivity index (χ3n) is 2.48. The molecule has 0 atom stereocenters. The highest BCUT2D eigenvalue weighted by Gasteiger charge is 2.30. The van der Waals surface area contributed by atoms with Gasteiger partial charge in [0, 0.05) is 11.8 Å². The molecule has 0 spiro atoms. The van der Waals surface area contributed by atoms with Crippen LogP contribution in [0, 0.1) is 5.21 Å². The molecule has 1 amide bonds. The number of carbonyl (C=O) groups is 1. The van der Waals surface area contributed by atoms with Gasteiger partial charge in [-0.1, -0.05) is 0 Å². The van der Waals surface area contributed by atoms with E-state index in [1.165, 1.54) is 24.3 Å². The van der Waals surface area contributed by atoms with Gasteiger partial charge in [-0.2, -0.15) is 4.73 Å². The molecule has 2 aromatic rings. The molecule has 1 heterocycles. The van der Waals surface area contributed by atoms with Crippen molar-refractivity contribution in [1.29, 1.82) is 0 Å². The molecular weight excluding hydrogens is 325 g/mol. The molecule has 22 heavy (non-hydrogen) atoms. The Balaban J connectivity index is 2.07. The van der Waals surface area contributed by atoms with E-state index < -0.39 is 18.0 Å². The van der Waals surface area contributed by atoms with E-state index in [0.717, 1.165) is 18.3 Å². The maximum absolute atomic E-state index is 12.0. The zero-order chi connectivity index (χ0) is 16.3. The number of nitrogens with zero attached hydrogens (tertiary/aromatic N) is 1. The number of nitrogens with one attached hydrogen (secondary N) is 1. The summed E-state index contributed by atoms with van der Waals surface area (Å²) in [4.78, 5) is 11.9. The summed E-state index contributed by atoms with van der Waals surface area (Å²) < 4.78 is 40.0. The zero-order valence-electron chi connectivity index (χ0n) is 10.7. The molecule has 0 fully saturated rings. The van der Waals surface area contributed by atoms with Crippen LogP contribution in [-0.2, 0) is 0 Å². The number of hydrogen-bond donors (Lipinski definition) is 1. The van der Waals surface area contributed by atoms with Crippen molar-refractivity contribution in [3.8, 4) is 5.75 Å². The van der Waals surface area contributed by atoms with Crippen LogP contribution in [-0.4, -0.2) is 12.3 Å². The fourth-order valence-corrected chi connectivity index (χ4v) is 1.65. The van der Waals surface area contributed by atoms with Crippen LogP contribution in [0.1, 0.15) is 10.4 Å². The van der Waals surface area contributed by atoms with Gasteiger partial charge in [0.15, 0.2) is 6.20 Å². The van der Waals surface area contributed by atoms with Gasteiger partial charge in [-0.05, 0) is 41.9 Å². The number of ether oxygens (including phenoxy) is 1. The second kappa shape index (κ2) is 6.10. The molecule has 1 N–H and O–H groups in total. The molecule has 0 bridgehead atoms. The third kappa shape index (κ3) is 4.26. The summed E-state index contributed by atoms with van der Waals surface area (Å²) >= 11 is 5.53. The summed E-state index contributed by atoms with van der Waals surface area (Å²) in [5.74, 6) is -1.01. The molecule has 2 rings (SSSR count). The summed E-state index contributed by atoms with van der Waals surface area (Å²) in [7, 11) is 0. The van der Waals surface area contributed by atoms with Crippen LogP contribution in [0.4, 0.5) is 18.9 Å². The molecule has 1 aromatic heterocycles. The average molecular weight is 333 g/mol. The van der Waals surface area contributed by atoms with E-state index in [4.69, 9.17) is 11.6 Å². The van der Waals surface area contributed by atoms with Crippen molar-refractivity contribution in [2.75, 3.05) is 5.32 Å². The van der Waals surface area contributed by atoms with Crippen molar-refractivity contribution >= 4 is 23.2 Å². The van der Waals surface area contributed by atoms with E-state index >= 15 is 0 Å². The molecule has 9 heteroatoms. The minimum Gasteiger partial charge on any atom is -0.618 e. The highest BCUT2D eigenvalue weighted by Crippen LogP contribution is 2.24. The maximum Gasteiger partial charge on any atom is 0.573 e. The molecule has 0 saturated carbocycles. The number of hydrogen-bond acceptors (Lipinski definition) is 3. The van der Waals surface area contributed by atoms with Crippen molar-refractivity contribution in [2.45, 2.75) is 6.36 Å². The van der Waals surface area contributed by atoms with Crippen LogP contribution in [0.5, 0.6) is 5.75 Å². The monoisotopic (exact) mass is 332 g/mol. The number of carbonyl (C=O) groups excluding carboxylic acids is 1. The van der Waals surface area contributed by atoms with E-state index in [9.17, 15) is 23.2 Å². The lowest BCUT2D eigenvalue weighted by Crippen LogP contribution is -2.29. The molecule has 0 saturated heterocycles. The van der Waals surface area contributed by atoms with E-state index in [0.29, 0.717) is 4.73 Å². The highest BCUT2D eigenvalue weighted by atomic mass is 35.5. The van der Waals surface area contributed by atoms with Gasteiger partial charge in [-0.3, -0.25) is 4.79 Å². The van der Waals surface area contributed by atoms with Crippen LogP contribution in [0.2, 0.25) is 5.15 Å². The Hall–Kier alpha value is -2.48. The first-order valence-corrected chi connectivity index (χ1v) is 6.18. The molecule has 0 aliphatic carbocycles. The van der Waals surface area contributed by atoms with Gasteiger partial charge in [-0.25, -0.2) is 0 Å². The lowest BCUT2D eigenvalue weighted by Gasteiger charge is -2.10. The van der Waals surface area contributed by atoms with Gasteiger partial charge in [0.1, 0.15) is 11.3 Å². The molecule has 0 unspecified atom stereocenters. The summed E-state index contributed by atoms with van der Waals surface area (Å²) in [6.45, 7) is 0. The van der Waals surface area contributed by atoms with Crippen LogP contribution in [0.25, 0.3) is 0 Å². The lowest BCUT2D eigenvalue weighted by molar-refractivity contribution is -0.603. The first kappa shape index (κ1) is 15.9. The Morgan fingerprint density at radius 3 is 2.36 bits per heavy atom. The number of pyridine rings is 1. The Bertz CT molecular complexity index is 690. The van der Waals surface area contributed by atoms with Crippen molar-refractivity contribution in [3.05, 3.63) is 58.5 Å². The predicted octanol–water partition coefficient (Wildman–Crippen LogP) is 3.12. The zero-order valence-corrected chi connectivity index (χ0v) is 11.5. The second-order valence-electron chi connectivity index (χ2n) is 4.09. The Labute approximate surface area is 127 Å². The minimum absolute atomic E-state index is 0.0509. The van der Waals surface area contributed by atoms with Crippen LogP contribution >= 0.6 is 11.6 Å². The standard InChI is InChI=1S/C13H8ClF3N2O3/c14-11-6-1-8(7-19(11)21)12(20)18-9-2-4-10(5-3-9)22-13(15,16)17/h1-7H,(H,18,20). The smallest absolute Gasteiger partial charge is 0.573 e. The number of rotatable bonds is 3. The van der Waals surface area contributed by atoms with E-state index in [1.54, 1.807) is 0 Å². The predicted molar refractivity (Wildman–Crippen MR) is 71.5 cm³/mol. The summed E-state index contributed by atoms with van der Waals surface area (Å²) in [5, 5.41) is 13.6. The molecule has 0 radical (unpaired) electrons. The SMILES string of the molecule is O=C(Nc1ccc(OC(F)(F)F)cc1)c1ccc(Cl)[n+]([O-])c1. The molecule has 116 valence electrons. The number of amides is 1. The first-order chi connectivity index (χ1) is 10.2. The van der Waals surface area contributed by atoms with Gasteiger partial charge < -0.3 is 15.3 Å². The normalized spacial score (nSPS) is 11.1. The Morgan fingerprint density at radius 2 is 1.82 bits per heavy atom. The Kier molecular flexibility index (Phi) is 4.41. The van der Waals surface area contributed by atoms with Crippen molar-refractivity contribution in [2.24, 2.45) is 0 Å². The molecule has 1 aromatic carbocycles. The van der Waals surface area contributed by atoms with Gasteiger partial charge >= 0.3 is 6.36 Å². The number of aromatic nitrogens is 1. The molecule has 0 aliphatic rings. The van der Waals surface area contributed by atoms with Crippen molar-refractivity contribution in [1.82, 2.24) is 0 Å². The van der Waals surface area contributed by atoms with E-state index in [1.807, 2.05) is 0 Å². The third-order valence-corrected chi connectivity index (χ3v) is 2.77. The van der Waals surface area contributed by atoms with Gasteiger partial charge in [0.25, 0.3) is 11.1 Å². The molecule has 0 aliphatic heterocycles. The number of halogens is 4. The Morgan fingerprint density at radius 1 is 1.18 bits per heavy atom. The quantitative estimate of drug-likeness (QED) is 0.533. The molecular formula is C13H8ClF3N2O3. The molecule has 5 nitrogen and oxygen atoms in total. The second-order valence-corrected chi connectivity index (χ2v) is 4.48. The van der Waals surface area contributed by atoms with Gasteiger partial charge in [0.05, 0.1) is 0 Å². The van der Waals surface area contributed by atoms with E-state index in [-0.39, 0.29) is 16.4 Å². The van der Waals surface area contributed by atoms with Crippen LogP contribution in [0.3, 0.4) is 0 Å². The first-order valence-electron chi connectivity index (χ1n) is 5.80. The summed E-state index contributed by atoms with van der Waals surface area (Å²) in [5.41, 5.74) is 0.293. The van der Waals surface area contributed by atoms with Crippen LogP contribution < -0.4 is 14.8 Å². The summed E-state index contributed by atoms with van der Waals surface area (Å²) in [6.07, 6.45) is -3.80. The lowest BCUT2D eigenvalue weighted by atomic mass is 10.2. The fraction of sp³-hybridized carbons (Fsp3) is 0.0769. The fourth-order valence-electron chi connectivity index (χ4n) is 1.54. The maximum atomic E-state index is 12.0. The highest BCUT2D eigenvalue weighted by molar-refractivity contribution is 6.28. The largest absolute Gasteiger partial charge is 0.618 e. The van der Waals surface area contributed by atoms with Crippen molar-refractivity contribution < 1.29 is 27.4 Å². The van der Waals surface area contributed by atoms with E-state index in [2.05, 4.69) is 10.1 Å². The number of anilines is 1. The summed E-state index contributed by atoms with van der Waals surface area (Å²) in [6, 6.07) is 7.18. The van der Waals surface area contributed by atoms with Crippen LogP contribution in [0.15, 0.2) is 42.6 Å². The van der Waals surface area contributed by atoms with Crippen molar-refractivity contribution in [3.63, 3.8) is 0 Å². The van der Waals surface area contributed by atoms with Gasteiger partial charge in [-0.15, -0.1) is 13.2 Å². The number of benzene rings is 1. The minimum atomic E-state index is -4.78. The average Bonchev–Trinajstić information content (AvgIpc) is 2.42. The number of alkyl halides is 3. The van der Waals surface area contributed by atoms with Gasteiger partial charge in [0.2, 0.25) is 0 Å².